The number of fused-ring (bicyclic) bond motifs is 1. The van der Waals surface area contributed by atoms with Crippen molar-refractivity contribution in [3.63, 3.8) is 0 Å². The number of carbonyl (C=O) groups is 1. The zero-order chi connectivity index (χ0) is 16.2. The maximum atomic E-state index is 12.2. The van der Waals surface area contributed by atoms with Crippen LogP contribution in [0.15, 0.2) is 30.3 Å². The van der Waals surface area contributed by atoms with Crippen molar-refractivity contribution in [3.05, 3.63) is 46.5 Å². The van der Waals surface area contributed by atoms with Gasteiger partial charge in [0.05, 0.1) is 5.69 Å². The molecule has 1 aliphatic heterocycles. The predicted molar refractivity (Wildman–Crippen MR) is 93.4 cm³/mol. The second-order valence-corrected chi connectivity index (χ2v) is 6.86. The van der Waals surface area contributed by atoms with Crippen molar-refractivity contribution in [2.24, 2.45) is 5.73 Å². The molecular weight excluding hydrogens is 308 g/mol. The Bertz CT molecular complexity index is 670. The number of thiazole rings is 1. The molecule has 6 heteroatoms. The Morgan fingerprint density at radius 1 is 1.43 bits per heavy atom. The van der Waals surface area contributed by atoms with Crippen LogP contribution in [0.25, 0.3) is 0 Å². The molecule has 1 aromatic carbocycles. The molecule has 1 aliphatic rings. The number of anilines is 1. The lowest BCUT2D eigenvalue weighted by molar-refractivity contribution is -0.116. The second kappa shape index (κ2) is 7.21. The minimum Gasteiger partial charge on any atom is -0.324 e. The van der Waals surface area contributed by atoms with Crippen molar-refractivity contribution in [3.8, 4) is 0 Å². The van der Waals surface area contributed by atoms with Gasteiger partial charge in [-0.3, -0.25) is 9.69 Å². The van der Waals surface area contributed by atoms with Gasteiger partial charge in [-0.1, -0.05) is 37.3 Å². The zero-order valence-electron chi connectivity index (χ0n) is 13.3. The van der Waals surface area contributed by atoms with E-state index in [0.717, 1.165) is 37.3 Å². The minimum absolute atomic E-state index is 0.0835. The summed E-state index contributed by atoms with van der Waals surface area (Å²) in [6.07, 6.45) is 1.22. The lowest BCUT2D eigenvalue weighted by Gasteiger charge is -2.23. The van der Waals surface area contributed by atoms with Crippen molar-refractivity contribution in [1.82, 2.24) is 9.88 Å². The van der Waals surface area contributed by atoms with Crippen LogP contribution in [0.4, 0.5) is 5.13 Å². The highest BCUT2D eigenvalue weighted by Crippen LogP contribution is 2.28. The van der Waals surface area contributed by atoms with E-state index in [1.807, 2.05) is 30.3 Å². The largest absolute Gasteiger partial charge is 0.324 e. The quantitative estimate of drug-likeness (QED) is 0.884. The molecule has 0 fully saturated rings. The first-order valence-electron chi connectivity index (χ1n) is 7.97. The van der Waals surface area contributed by atoms with E-state index in [9.17, 15) is 4.79 Å². The van der Waals surface area contributed by atoms with Gasteiger partial charge in [-0.15, -0.1) is 11.3 Å². The smallest absolute Gasteiger partial charge is 0.228 e. The summed E-state index contributed by atoms with van der Waals surface area (Å²) < 4.78 is 0. The predicted octanol–water partition coefficient (Wildman–Crippen LogP) is 2.55. The Hall–Kier alpha value is -1.76. The number of nitrogens with zero attached hydrogens (tertiary/aromatic N) is 2. The summed E-state index contributed by atoms with van der Waals surface area (Å²) in [5, 5.41) is 3.60. The SMILES string of the molecule is CCN1CCc2nc(NC(=O)CC(N)c3ccccc3)sc2C1. The molecule has 5 nitrogen and oxygen atoms in total. The molecule has 1 aromatic heterocycles. The topological polar surface area (TPSA) is 71.2 Å². The Balaban J connectivity index is 1.59. The summed E-state index contributed by atoms with van der Waals surface area (Å²) in [4.78, 5) is 20.4. The van der Waals surface area contributed by atoms with Gasteiger partial charge < -0.3 is 11.1 Å². The van der Waals surface area contributed by atoms with Crippen molar-refractivity contribution in [2.75, 3.05) is 18.4 Å². The zero-order valence-corrected chi connectivity index (χ0v) is 14.1. The number of likely N-dealkylation sites (N-methyl/N-ethyl adjacent to an activating group) is 1. The summed E-state index contributed by atoms with van der Waals surface area (Å²) in [5.41, 5.74) is 8.20. The first kappa shape index (κ1) is 16.1. The molecule has 0 saturated carbocycles. The van der Waals surface area contributed by atoms with E-state index in [1.165, 1.54) is 4.88 Å². The van der Waals surface area contributed by atoms with Crippen molar-refractivity contribution in [1.29, 1.82) is 0 Å². The van der Waals surface area contributed by atoms with E-state index in [2.05, 4.69) is 22.1 Å². The van der Waals surface area contributed by atoms with Gasteiger partial charge >= 0.3 is 0 Å². The number of nitrogens with two attached hydrogens (primary N) is 1. The number of hydrogen-bond acceptors (Lipinski definition) is 5. The van der Waals surface area contributed by atoms with Crippen LogP contribution in [0, 0.1) is 0 Å². The van der Waals surface area contributed by atoms with E-state index in [1.54, 1.807) is 11.3 Å². The number of hydrogen-bond donors (Lipinski definition) is 2. The maximum Gasteiger partial charge on any atom is 0.228 e. The van der Waals surface area contributed by atoms with E-state index in [0.29, 0.717) is 5.13 Å². The fraction of sp³-hybridized carbons (Fsp3) is 0.412. The van der Waals surface area contributed by atoms with Gasteiger partial charge in [0.15, 0.2) is 5.13 Å². The third kappa shape index (κ3) is 3.96. The van der Waals surface area contributed by atoms with Crippen molar-refractivity contribution >= 4 is 22.4 Å². The van der Waals surface area contributed by atoms with Crippen LogP contribution in [0.1, 0.15) is 35.5 Å². The molecule has 1 atom stereocenters. The van der Waals surface area contributed by atoms with Gasteiger partial charge in [0, 0.05) is 36.9 Å². The molecular formula is C17H22N4OS. The highest BCUT2D eigenvalue weighted by Gasteiger charge is 2.20. The highest BCUT2D eigenvalue weighted by molar-refractivity contribution is 7.15. The van der Waals surface area contributed by atoms with Gasteiger partial charge in [0.2, 0.25) is 5.91 Å². The Kier molecular flexibility index (Phi) is 5.05. The third-order valence-corrected chi connectivity index (χ3v) is 5.13. The van der Waals surface area contributed by atoms with Gasteiger partial charge in [-0.2, -0.15) is 0 Å². The molecule has 122 valence electrons. The number of amides is 1. The van der Waals surface area contributed by atoms with Crippen LogP contribution in [0.2, 0.25) is 0 Å². The summed E-state index contributed by atoms with van der Waals surface area (Å²) in [6, 6.07) is 9.40. The second-order valence-electron chi connectivity index (χ2n) is 5.78. The monoisotopic (exact) mass is 330 g/mol. The molecule has 3 N–H and O–H groups in total. The van der Waals surface area contributed by atoms with Gasteiger partial charge in [0.25, 0.3) is 0 Å². The number of aromatic nitrogens is 1. The van der Waals surface area contributed by atoms with Crippen LogP contribution >= 0.6 is 11.3 Å². The highest BCUT2D eigenvalue weighted by atomic mass is 32.1. The Morgan fingerprint density at radius 2 is 2.22 bits per heavy atom. The molecule has 1 unspecified atom stereocenters. The van der Waals surface area contributed by atoms with Gasteiger partial charge in [-0.25, -0.2) is 4.98 Å². The summed E-state index contributed by atoms with van der Waals surface area (Å²) in [6.45, 7) is 5.19. The molecule has 1 amide bonds. The standard InChI is InChI=1S/C17H22N4OS/c1-2-21-9-8-14-15(11-21)23-17(19-14)20-16(22)10-13(18)12-6-4-3-5-7-12/h3-7,13H,2,8-11,18H2,1H3,(H,19,20,22). The van der Waals surface area contributed by atoms with Crippen LogP contribution in [-0.2, 0) is 17.8 Å². The minimum atomic E-state index is -0.290. The fourth-order valence-electron chi connectivity index (χ4n) is 2.76. The Morgan fingerprint density at radius 3 is 2.96 bits per heavy atom. The van der Waals surface area contributed by atoms with Gasteiger partial charge in [-0.05, 0) is 12.1 Å². The van der Waals surface area contributed by atoms with Crippen molar-refractivity contribution in [2.45, 2.75) is 32.4 Å². The first-order chi connectivity index (χ1) is 11.2. The molecule has 0 saturated heterocycles. The lowest BCUT2D eigenvalue weighted by Crippen LogP contribution is -2.29. The van der Waals surface area contributed by atoms with Gasteiger partial charge in [0.1, 0.15) is 0 Å². The number of nitrogens with one attached hydrogen (secondary N) is 1. The van der Waals surface area contributed by atoms with E-state index < -0.39 is 0 Å². The molecule has 2 aromatic rings. The first-order valence-corrected chi connectivity index (χ1v) is 8.78. The molecule has 0 radical (unpaired) electrons. The average Bonchev–Trinajstić information content (AvgIpc) is 2.96. The third-order valence-electron chi connectivity index (χ3n) is 4.14. The van der Waals surface area contributed by atoms with Crippen LogP contribution < -0.4 is 11.1 Å². The van der Waals surface area contributed by atoms with Crippen LogP contribution in [0.3, 0.4) is 0 Å². The van der Waals surface area contributed by atoms with Crippen LogP contribution in [0.5, 0.6) is 0 Å². The number of carbonyl (C=O) groups excluding carboxylic acids is 1. The van der Waals surface area contributed by atoms with E-state index >= 15 is 0 Å². The average molecular weight is 330 g/mol. The summed E-state index contributed by atoms with van der Waals surface area (Å²) in [5.74, 6) is -0.0835. The van der Waals surface area contributed by atoms with Crippen LogP contribution in [-0.4, -0.2) is 28.9 Å². The molecule has 2 heterocycles. The number of rotatable bonds is 5. The molecule has 23 heavy (non-hydrogen) atoms. The number of benzene rings is 1. The lowest BCUT2D eigenvalue weighted by atomic mass is 10.0. The molecule has 0 spiro atoms. The van der Waals surface area contributed by atoms with Crippen molar-refractivity contribution < 1.29 is 4.79 Å². The fourth-order valence-corrected chi connectivity index (χ4v) is 3.83. The van der Waals surface area contributed by atoms with E-state index in [-0.39, 0.29) is 18.4 Å². The summed E-state index contributed by atoms with van der Waals surface area (Å²) >= 11 is 1.58. The summed E-state index contributed by atoms with van der Waals surface area (Å²) in [7, 11) is 0. The van der Waals surface area contributed by atoms with E-state index in [4.69, 9.17) is 5.73 Å². The molecule has 0 aliphatic carbocycles. The molecule has 0 bridgehead atoms. The molecule has 3 rings (SSSR count). The maximum absolute atomic E-state index is 12.2. The Labute approximate surface area is 140 Å². The normalized spacial score (nSPS) is 15.9.